The SMILES string of the molecule is O=C1CCCCCN1Cc1ccc(N2C=C(C(F)(F)F)OC2)c(F)c1. The van der Waals surface area contributed by atoms with Gasteiger partial charge >= 0.3 is 6.18 Å². The minimum atomic E-state index is -4.60. The molecule has 1 fully saturated rings. The van der Waals surface area contributed by atoms with Crippen molar-refractivity contribution in [1.29, 1.82) is 0 Å². The van der Waals surface area contributed by atoms with E-state index in [2.05, 4.69) is 4.74 Å². The van der Waals surface area contributed by atoms with Crippen LogP contribution in [-0.4, -0.2) is 30.3 Å². The Balaban J connectivity index is 1.73. The van der Waals surface area contributed by atoms with E-state index in [1.54, 1.807) is 11.0 Å². The zero-order valence-corrected chi connectivity index (χ0v) is 13.5. The van der Waals surface area contributed by atoms with Crippen LogP contribution in [-0.2, 0) is 16.1 Å². The van der Waals surface area contributed by atoms with E-state index in [0.717, 1.165) is 30.4 Å². The van der Waals surface area contributed by atoms with Crippen molar-refractivity contribution in [2.75, 3.05) is 18.2 Å². The minimum absolute atomic E-state index is 0.00481. The Morgan fingerprint density at radius 1 is 1.16 bits per heavy atom. The lowest BCUT2D eigenvalue weighted by molar-refractivity contribution is -0.131. The monoisotopic (exact) mass is 358 g/mol. The maximum absolute atomic E-state index is 14.3. The average molecular weight is 358 g/mol. The fraction of sp³-hybridized carbons (Fsp3) is 0.471. The molecule has 0 bridgehead atoms. The summed E-state index contributed by atoms with van der Waals surface area (Å²) in [5.41, 5.74) is 0.613. The number of carbonyl (C=O) groups is 1. The van der Waals surface area contributed by atoms with Crippen LogP contribution in [0.15, 0.2) is 30.2 Å². The van der Waals surface area contributed by atoms with Crippen LogP contribution in [0.25, 0.3) is 0 Å². The normalized spacial score (nSPS) is 18.9. The lowest BCUT2D eigenvalue weighted by Crippen LogP contribution is -2.29. The quantitative estimate of drug-likeness (QED) is 0.768. The molecule has 0 spiro atoms. The first-order chi connectivity index (χ1) is 11.8. The number of rotatable bonds is 3. The average Bonchev–Trinajstić information content (AvgIpc) is 2.95. The maximum atomic E-state index is 14.3. The van der Waals surface area contributed by atoms with E-state index in [1.165, 1.54) is 12.1 Å². The summed E-state index contributed by atoms with van der Waals surface area (Å²) in [5, 5.41) is 0. The number of hydrogen-bond acceptors (Lipinski definition) is 3. The van der Waals surface area contributed by atoms with Gasteiger partial charge in [-0.05, 0) is 30.5 Å². The number of carbonyl (C=O) groups excluding carboxylic acids is 1. The van der Waals surface area contributed by atoms with Crippen molar-refractivity contribution in [3.63, 3.8) is 0 Å². The number of hydrogen-bond donors (Lipinski definition) is 0. The van der Waals surface area contributed by atoms with Gasteiger partial charge < -0.3 is 14.5 Å². The van der Waals surface area contributed by atoms with Crippen molar-refractivity contribution in [3.8, 4) is 0 Å². The lowest BCUT2D eigenvalue weighted by atomic mass is 10.1. The van der Waals surface area contributed by atoms with Gasteiger partial charge in [0, 0.05) is 19.5 Å². The van der Waals surface area contributed by atoms with E-state index in [4.69, 9.17) is 0 Å². The number of anilines is 1. The van der Waals surface area contributed by atoms with Gasteiger partial charge in [-0.1, -0.05) is 12.5 Å². The molecule has 1 saturated heterocycles. The molecule has 1 amide bonds. The molecule has 0 saturated carbocycles. The van der Waals surface area contributed by atoms with Gasteiger partial charge in [0.05, 0.1) is 11.9 Å². The lowest BCUT2D eigenvalue weighted by Gasteiger charge is -2.21. The Bertz CT molecular complexity index is 688. The van der Waals surface area contributed by atoms with Crippen LogP contribution in [0, 0.1) is 5.82 Å². The molecule has 1 aromatic carbocycles. The topological polar surface area (TPSA) is 32.8 Å². The summed E-state index contributed by atoms with van der Waals surface area (Å²) >= 11 is 0. The zero-order valence-electron chi connectivity index (χ0n) is 13.5. The second-order valence-corrected chi connectivity index (χ2v) is 6.15. The molecule has 4 nitrogen and oxygen atoms in total. The molecule has 2 aliphatic rings. The summed E-state index contributed by atoms with van der Waals surface area (Å²) in [6.45, 7) is 0.547. The molecule has 136 valence electrons. The highest BCUT2D eigenvalue weighted by Gasteiger charge is 2.39. The van der Waals surface area contributed by atoms with Crippen LogP contribution in [0.3, 0.4) is 0 Å². The van der Waals surface area contributed by atoms with Crippen molar-refractivity contribution in [3.05, 3.63) is 41.5 Å². The van der Waals surface area contributed by atoms with Crippen molar-refractivity contribution >= 4 is 11.6 Å². The highest BCUT2D eigenvalue weighted by Crippen LogP contribution is 2.33. The van der Waals surface area contributed by atoms with E-state index in [1.807, 2.05) is 0 Å². The Morgan fingerprint density at radius 2 is 1.96 bits per heavy atom. The summed E-state index contributed by atoms with van der Waals surface area (Å²) in [7, 11) is 0. The third-order valence-corrected chi connectivity index (χ3v) is 4.28. The Kier molecular flexibility index (Phi) is 4.87. The molecule has 0 aliphatic carbocycles. The summed E-state index contributed by atoms with van der Waals surface area (Å²) in [4.78, 5) is 14.8. The van der Waals surface area contributed by atoms with Gasteiger partial charge in [0.2, 0.25) is 11.7 Å². The van der Waals surface area contributed by atoms with Gasteiger partial charge in [-0.25, -0.2) is 4.39 Å². The third-order valence-electron chi connectivity index (χ3n) is 4.28. The van der Waals surface area contributed by atoms with Gasteiger partial charge in [-0.2, -0.15) is 13.2 Å². The number of likely N-dealkylation sites (tertiary alicyclic amines) is 1. The number of amides is 1. The predicted octanol–water partition coefficient (Wildman–Crippen LogP) is 3.93. The number of ether oxygens (including phenoxy) is 1. The fourth-order valence-electron chi connectivity index (χ4n) is 2.96. The molecule has 0 radical (unpaired) electrons. The number of alkyl halides is 3. The molecule has 0 N–H and O–H groups in total. The van der Waals surface area contributed by atoms with Gasteiger partial charge in [0.15, 0.2) is 6.73 Å². The van der Waals surface area contributed by atoms with E-state index >= 15 is 0 Å². The second-order valence-electron chi connectivity index (χ2n) is 6.15. The number of benzene rings is 1. The van der Waals surface area contributed by atoms with Crippen molar-refractivity contribution < 1.29 is 27.1 Å². The van der Waals surface area contributed by atoms with E-state index in [9.17, 15) is 22.4 Å². The molecule has 2 aliphatic heterocycles. The maximum Gasteiger partial charge on any atom is 0.450 e. The molecule has 2 heterocycles. The molecule has 3 rings (SSSR count). The molecule has 1 aromatic rings. The Labute approximate surface area is 142 Å². The molecule has 0 aromatic heterocycles. The first kappa shape index (κ1) is 17.6. The van der Waals surface area contributed by atoms with Crippen LogP contribution >= 0.6 is 0 Å². The molecule has 0 atom stereocenters. The highest BCUT2D eigenvalue weighted by atomic mass is 19.4. The van der Waals surface area contributed by atoms with Crippen LogP contribution in [0.1, 0.15) is 31.2 Å². The smallest absolute Gasteiger partial charge is 0.450 e. The van der Waals surface area contributed by atoms with Gasteiger partial charge in [-0.15, -0.1) is 0 Å². The summed E-state index contributed by atoms with van der Waals surface area (Å²) < 4.78 is 56.7. The summed E-state index contributed by atoms with van der Waals surface area (Å²) in [6.07, 6.45) is -0.572. The van der Waals surface area contributed by atoms with Gasteiger partial charge in [-0.3, -0.25) is 4.79 Å². The predicted molar refractivity (Wildman–Crippen MR) is 82.9 cm³/mol. The van der Waals surface area contributed by atoms with Crippen LogP contribution in [0.2, 0.25) is 0 Å². The summed E-state index contributed by atoms with van der Waals surface area (Å²) in [5.74, 6) is -1.75. The molecular formula is C17H18F4N2O2. The van der Waals surface area contributed by atoms with Crippen molar-refractivity contribution in [2.24, 2.45) is 0 Å². The highest BCUT2D eigenvalue weighted by molar-refractivity contribution is 5.76. The van der Waals surface area contributed by atoms with Crippen LogP contribution in [0.4, 0.5) is 23.2 Å². The Morgan fingerprint density at radius 3 is 2.64 bits per heavy atom. The zero-order chi connectivity index (χ0) is 18.0. The Hall–Kier alpha value is -2.25. The van der Waals surface area contributed by atoms with Gasteiger partial charge in [0.25, 0.3) is 0 Å². The first-order valence-corrected chi connectivity index (χ1v) is 8.09. The largest absolute Gasteiger partial charge is 0.466 e. The van der Waals surface area contributed by atoms with Crippen LogP contribution < -0.4 is 4.90 Å². The third kappa shape index (κ3) is 4.05. The number of halogens is 4. The summed E-state index contributed by atoms with van der Waals surface area (Å²) in [6, 6.07) is 4.29. The number of nitrogens with zero attached hydrogens (tertiary/aromatic N) is 2. The van der Waals surface area contributed by atoms with E-state index in [-0.39, 0.29) is 11.6 Å². The van der Waals surface area contributed by atoms with E-state index < -0.39 is 24.5 Å². The minimum Gasteiger partial charge on any atom is -0.466 e. The van der Waals surface area contributed by atoms with Crippen LogP contribution in [0.5, 0.6) is 0 Å². The van der Waals surface area contributed by atoms with Gasteiger partial charge in [0.1, 0.15) is 5.82 Å². The van der Waals surface area contributed by atoms with E-state index in [0.29, 0.717) is 25.1 Å². The molecule has 0 unspecified atom stereocenters. The number of allylic oxidation sites excluding steroid dienone is 1. The van der Waals surface area contributed by atoms with Crippen molar-refractivity contribution in [2.45, 2.75) is 38.4 Å². The molecular weight excluding hydrogens is 340 g/mol. The first-order valence-electron chi connectivity index (χ1n) is 8.09. The second kappa shape index (κ2) is 6.93. The fourth-order valence-corrected chi connectivity index (χ4v) is 2.96. The molecule has 8 heteroatoms. The molecule has 25 heavy (non-hydrogen) atoms. The van der Waals surface area contributed by atoms with Crippen molar-refractivity contribution in [1.82, 2.24) is 4.90 Å². The standard InChI is InChI=1S/C17H18F4N2O2/c18-13-8-12(9-22-7-3-1-2-4-16(22)24)5-6-14(13)23-10-15(25-11-23)17(19,20)21/h5-6,8,10H,1-4,7,9,11H2.